The Morgan fingerprint density at radius 2 is 1.29 bits per heavy atom. The zero-order valence-corrected chi connectivity index (χ0v) is 14.8. The van der Waals surface area contributed by atoms with Crippen molar-refractivity contribution in [2.45, 2.75) is 45.2 Å². The molecule has 140 valence electrons. The van der Waals surface area contributed by atoms with Gasteiger partial charge in [-0.2, -0.15) is 0 Å². The largest absolute Gasteiger partial charge is 0.463 e. The Kier molecular flexibility index (Phi) is 9.97. The Morgan fingerprint density at radius 3 is 1.67 bits per heavy atom. The Morgan fingerprint density at radius 1 is 0.792 bits per heavy atom. The third-order valence-corrected chi connectivity index (χ3v) is 2.97. The highest BCUT2D eigenvalue weighted by molar-refractivity contribution is 5.67. The van der Waals surface area contributed by atoms with Crippen molar-refractivity contribution in [3.05, 3.63) is 0 Å². The number of hydrogen-bond donors (Lipinski definition) is 0. The molecule has 0 heterocycles. The molecular formula is C15H26O9. The maximum absolute atomic E-state index is 11.4. The van der Waals surface area contributed by atoms with E-state index >= 15 is 0 Å². The molecule has 1 unspecified atom stereocenters. The zero-order valence-electron chi connectivity index (χ0n) is 15.8. The van der Waals surface area contributed by atoms with E-state index in [1.54, 1.807) is 0 Å². The maximum Gasteiger partial charge on any atom is 0.303 e. The first kappa shape index (κ1) is 20.3. The van der Waals surface area contributed by atoms with Crippen LogP contribution in [-0.2, 0) is 42.8 Å². The number of rotatable bonds is 11. The van der Waals surface area contributed by atoms with E-state index in [4.69, 9.17) is 29.8 Å². The van der Waals surface area contributed by atoms with Crippen LogP contribution in [0.1, 0.15) is 22.1 Å². The third kappa shape index (κ3) is 8.23. The van der Waals surface area contributed by atoms with E-state index in [-0.39, 0.29) is 6.61 Å². The van der Waals surface area contributed by atoms with Crippen LogP contribution >= 0.6 is 0 Å². The number of carbonyl (C=O) groups excluding carboxylic acids is 3. The van der Waals surface area contributed by atoms with Gasteiger partial charge >= 0.3 is 17.9 Å². The Labute approximate surface area is 142 Å². The highest BCUT2D eigenvalue weighted by Crippen LogP contribution is 2.18. The van der Waals surface area contributed by atoms with Gasteiger partial charge in [0, 0.05) is 42.1 Å². The minimum Gasteiger partial charge on any atom is -0.463 e. The number of hydrogen-bond acceptors (Lipinski definition) is 9. The minimum atomic E-state index is -1.41. The quantitative estimate of drug-likeness (QED) is 0.378. The van der Waals surface area contributed by atoms with Gasteiger partial charge in [0.2, 0.25) is 0 Å². The summed E-state index contributed by atoms with van der Waals surface area (Å²) in [6.07, 6.45) is -3.98. The van der Waals surface area contributed by atoms with Crippen LogP contribution < -0.4 is 0 Å². The van der Waals surface area contributed by atoms with E-state index in [0.717, 1.165) is 6.92 Å². The normalized spacial score (nSPS) is 17.7. The van der Waals surface area contributed by atoms with Crippen LogP contribution in [0, 0.1) is 0 Å². The van der Waals surface area contributed by atoms with Crippen molar-refractivity contribution in [1.29, 1.82) is 0 Å². The lowest BCUT2D eigenvalue weighted by atomic mass is 10.0. The summed E-state index contributed by atoms with van der Waals surface area (Å²) in [6, 6.07) is 0. The first-order valence-corrected chi connectivity index (χ1v) is 7.16. The van der Waals surface area contributed by atoms with E-state index < -0.39 is 48.9 Å². The number of ether oxygens (including phenoxy) is 6. The first-order chi connectivity index (χ1) is 11.7. The van der Waals surface area contributed by atoms with Crippen molar-refractivity contribution >= 4 is 17.9 Å². The van der Waals surface area contributed by atoms with E-state index in [0.29, 0.717) is 0 Å². The molecule has 0 aromatic heterocycles. The second-order valence-corrected chi connectivity index (χ2v) is 4.80. The standard InChI is InChI=1S/C15H26O9/c1-9(16)22-7-12(19-4)14(20-5)15(21-6)13(24-11(3)18)8-23-10(2)17/h12-15H,7-8H2,1-6H3/t12-,13+,14-,15+/m0/s1/i7D/t7?,12-,13+,14-,15+. The van der Waals surface area contributed by atoms with Crippen LogP contribution in [0.2, 0.25) is 0 Å². The maximum atomic E-state index is 11.4. The van der Waals surface area contributed by atoms with Gasteiger partial charge in [0.25, 0.3) is 0 Å². The van der Waals surface area contributed by atoms with Crippen molar-refractivity contribution in [2.24, 2.45) is 0 Å². The predicted octanol–water partition coefficient (Wildman–Crippen LogP) is 0.0893. The molecule has 0 fully saturated rings. The summed E-state index contributed by atoms with van der Waals surface area (Å²) in [6.45, 7) is 1.87. The predicted molar refractivity (Wildman–Crippen MR) is 81.2 cm³/mol. The Bertz CT molecular complexity index is 443. The Hall–Kier alpha value is -1.71. The molecule has 0 N–H and O–H groups in total. The van der Waals surface area contributed by atoms with Gasteiger partial charge in [-0.3, -0.25) is 14.4 Å². The van der Waals surface area contributed by atoms with E-state index in [9.17, 15) is 14.4 Å². The third-order valence-electron chi connectivity index (χ3n) is 2.97. The molecule has 0 aliphatic heterocycles. The fourth-order valence-electron chi connectivity index (χ4n) is 1.99. The molecule has 5 atom stereocenters. The summed E-state index contributed by atoms with van der Waals surface area (Å²) in [7, 11) is 3.97. The van der Waals surface area contributed by atoms with Gasteiger partial charge in [-0.15, -0.1) is 0 Å². The summed E-state index contributed by atoms with van der Waals surface area (Å²) in [5.41, 5.74) is 0. The SMILES string of the molecule is [2H]C(OC(C)=O)[C@H](OC)[C@H](OC)[C@H](OC)[C@@H](COC(C)=O)OC(C)=O. The summed E-state index contributed by atoms with van der Waals surface area (Å²) >= 11 is 0. The summed E-state index contributed by atoms with van der Waals surface area (Å²) in [5, 5.41) is 0. The zero-order chi connectivity index (χ0) is 19.6. The molecule has 0 saturated carbocycles. The summed E-state index contributed by atoms with van der Waals surface area (Å²) in [4.78, 5) is 33.5. The molecule has 0 rings (SSSR count). The Balaban J connectivity index is 5.47. The summed E-state index contributed by atoms with van der Waals surface area (Å²) in [5.74, 6) is -1.85. The van der Waals surface area contributed by atoms with Crippen molar-refractivity contribution in [3.63, 3.8) is 0 Å². The van der Waals surface area contributed by atoms with Gasteiger partial charge in [-0.25, -0.2) is 0 Å². The van der Waals surface area contributed by atoms with Gasteiger partial charge in [-0.05, 0) is 0 Å². The molecule has 0 aliphatic carbocycles. The highest BCUT2D eigenvalue weighted by Gasteiger charge is 2.38. The molecule has 0 spiro atoms. The molecule has 9 nitrogen and oxygen atoms in total. The lowest BCUT2D eigenvalue weighted by molar-refractivity contribution is -0.188. The molecular weight excluding hydrogens is 324 g/mol. The van der Waals surface area contributed by atoms with Gasteiger partial charge in [0.15, 0.2) is 6.10 Å². The molecule has 0 aromatic rings. The van der Waals surface area contributed by atoms with Crippen LogP contribution in [0.5, 0.6) is 0 Å². The molecule has 0 aromatic carbocycles. The van der Waals surface area contributed by atoms with Gasteiger partial charge in [-0.1, -0.05) is 0 Å². The lowest BCUT2D eigenvalue weighted by Crippen LogP contribution is -2.52. The van der Waals surface area contributed by atoms with Crippen LogP contribution in [-0.4, -0.2) is 76.8 Å². The number of esters is 3. The van der Waals surface area contributed by atoms with Crippen molar-refractivity contribution in [3.8, 4) is 0 Å². The van der Waals surface area contributed by atoms with Crippen LogP contribution in [0.4, 0.5) is 0 Å². The smallest absolute Gasteiger partial charge is 0.303 e. The van der Waals surface area contributed by atoms with Crippen LogP contribution in [0.25, 0.3) is 0 Å². The molecule has 0 bridgehead atoms. The fourth-order valence-corrected chi connectivity index (χ4v) is 1.99. The van der Waals surface area contributed by atoms with E-state index in [1.165, 1.54) is 35.2 Å². The first-order valence-electron chi connectivity index (χ1n) is 7.74. The van der Waals surface area contributed by atoms with Crippen molar-refractivity contribution in [1.82, 2.24) is 0 Å². The van der Waals surface area contributed by atoms with Gasteiger partial charge < -0.3 is 28.4 Å². The second kappa shape index (κ2) is 11.8. The summed E-state index contributed by atoms with van der Waals surface area (Å²) < 4.78 is 38.7. The molecule has 9 heteroatoms. The molecule has 24 heavy (non-hydrogen) atoms. The average Bonchev–Trinajstić information content (AvgIpc) is 2.50. The number of methoxy groups -OCH3 is 3. The van der Waals surface area contributed by atoms with Gasteiger partial charge in [0.05, 0.1) is 1.37 Å². The number of carbonyl (C=O) groups is 3. The fraction of sp³-hybridized carbons (Fsp3) is 0.800. The van der Waals surface area contributed by atoms with Gasteiger partial charge in [0.1, 0.15) is 31.5 Å². The molecule has 0 radical (unpaired) electrons. The minimum absolute atomic E-state index is 0.278. The molecule has 0 aliphatic rings. The molecule has 0 amide bonds. The van der Waals surface area contributed by atoms with Crippen molar-refractivity contribution < 1.29 is 44.2 Å². The second-order valence-electron chi connectivity index (χ2n) is 4.80. The van der Waals surface area contributed by atoms with E-state index in [1.807, 2.05) is 0 Å². The van der Waals surface area contributed by atoms with E-state index in [2.05, 4.69) is 0 Å². The van der Waals surface area contributed by atoms with Crippen molar-refractivity contribution in [2.75, 3.05) is 34.5 Å². The highest BCUT2D eigenvalue weighted by atomic mass is 16.6. The van der Waals surface area contributed by atoms with Crippen LogP contribution in [0.15, 0.2) is 0 Å². The molecule has 0 saturated heterocycles. The average molecular weight is 351 g/mol. The lowest BCUT2D eigenvalue weighted by Gasteiger charge is -2.34. The topological polar surface area (TPSA) is 107 Å². The van der Waals surface area contributed by atoms with Crippen LogP contribution in [0.3, 0.4) is 0 Å². The monoisotopic (exact) mass is 351 g/mol.